The fourth-order valence-electron chi connectivity index (χ4n) is 3.45. The molecule has 0 aliphatic carbocycles. The molecular weight excluding hydrogens is 447 g/mol. The summed E-state index contributed by atoms with van der Waals surface area (Å²) in [4.78, 5) is 14.2. The lowest BCUT2D eigenvalue weighted by Gasteiger charge is -2.40. The largest absolute Gasteiger partial charge is 0.360 e. The average Bonchev–Trinajstić information content (AvgIpc) is 3.13. The number of hydrogen-bond acceptors (Lipinski definition) is 5. The summed E-state index contributed by atoms with van der Waals surface area (Å²) in [6.07, 6.45) is 0. The molecular formula is C17H31IN6S. The van der Waals surface area contributed by atoms with Crippen molar-refractivity contribution in [2.24, 2.45) is 4.99 Å². The zero-order chi connectivity index (χ0) is 16.9. The molecule has 25 heavy (non-hydrogen) atoms. The molecule has 0 radical (unpaired) electrons. The topological polar surface area (TPSA) is 37.4 Å². The molecule has 0 amide bonds. The maximum absolute atomic E-state index is 4.51. The molecule has 1 N–H and O–H groups in total. The Labute approximate surface area is 172 Å². The summed E-state index contributed by atoms with van der Waals surface area (Å²) >= 11 is 1.83. The third-order valence-electron chi connectivity index (χ3n) is 5.08. The monoisotopic (exact) mass is 478 g/mol. The van der Waals surface area contributed by atoms with Gasteiger partial charge >= 0.3 is 0 Å². The van der Waals surface area contributed by atoms with Crippen molar-refractivity contribution in [2.45, 2.75) is 6.04 Å². The highest BCUT2D eigenvalue weighted by molar-refractivity contribution is 14.0. The van der Waals surface area contributed by atoms with Gasteiger partial charge in [-0.25, -0.2) is 0 Å². The molecule has 0 saturated carbocycles. The smallest absolute Gasteiger partial charge is 0.193 e. The van der Waals surface area contributed by atoms with Crippen molar-refractivity contribution in [3.8, 4) is 0 Å². The number of hydrogen-bond donors (Lipinski definition) is 1. The summed E-state index contributed by atoms with van der Waals surface area (Å²) in [6, 6.07) is 4.89. The van der Waals surface area contributed by atoms with Gasteiger partial charge in [0.15, 0.2) is 5.96 Å². The summed E-state index contributed by atoms with van der Waals surface area (Å²) in [6.45, 7) is 8.55. The van der Waals surface area contributed by atoms with E-state index in [-0.39, 0.29) is 24.0 Å². The highest BCUT2D eigenvalue weighted by Crippen LogP contribution is 2.22. The molecule has 1 aromatic rings. The lowest BCUT2D eigenvalue weighted by Crippen LogP contribution is -2.57. The molecule has 0 aromatic carbocycles. The van der Waals surface area contributed by atoms with Crippen LogP contribution in [0.25, 0.3) is 0 Å². The first-order valence-corrected chi connectivity index (χ1v) is 9.68. The van der Waals surface area contributed by atoms with Gasteiger partial charge in [-0.05, 0) is 31.6 Å². The second-order valence-electron chi connectivity index (χ2n) is 6.75. The maximum atomic E-state index is 4.51. The van der Waals surface area contributed by atoms with Crippen LogP contribution in [-0.4, -0.2) is 100 Å². The second-order valence-corrected chi connectivity index (χ2v) is 7.68. The van der Waals surface area contributed by atoms with Gasteiger partial charge < -0.3 is 20.0 Å². The molecule has 6 nitrogen and oxygen atoms in total. The molecule has 8 heteroatoms. The lowest BCUT2D eigenvalue weighted by molar-refractivity contribution is 0.116. The van der Waals surface area contributed by atoms with Crippen LogP contribution in [-0.2, 0) is 0 Å². The molecule has 142 valence electrons. The Morgan fingerprint density at radius 3 is 2.60 bits per heavy atom. The number of halogens is 1. The molecule has 1 aromatic heterocycles. The minimum absolute atomic E-state index is 0. The third kappa shape index (κ3) is 5.45. The van der Waals surface area contributed by atoms with Crippen molar-refractivity contribution in [1.29, 1.82) is 0 Å². The molecule has 1 atom stereocenters. The van der Waals surface area contributed by atoms with Crippen LogP contribution in [0.3, 0.4) is 0 Å². The highest BCUT2D eigenvalue weighted by Gasteiger charge is 2.24. The fourth-order valence-corrected chi connectivity index (χ4v) is 4.24. The molecule has 2 fully saturated rings. The number of rotatable bonds is 3. The Hall–Kier alpha value is -0.580. The first kappa shape index (κ1) is 20.7. The number of anilines is 1. The van der Waals surface area contributed by atoms with E-state index in [0.717, 1.165) is 58.3 Å². The standard InChI is InChI=1S/C17H30N6S.HI/c1-18-17(19-13-15-14-20(2)6-7-21(15)3)23-10-8-22(9-11-23)16-5-4-12-24-16;/h4-5,12,15H,6-11,13-14H2,1-3H3,(H,18,19);1H. The second kappa shape index (κ2) is 9.94. The Kier molecular flexibility index (Phi) is 8.24. The minimum Gasteiger partial charge on any atom is -0.360 e. The predicted octanol–water partition coefficient (Wildman–Crippen LogP) is 1.31. The van der Waals surface area contributed by atoms with E-state index >= 15 is 0 Å². The number of thiophene rings is 1. The van der Waals surface area contributed by atoms with Crippen molar-refractivity contribution in [1.82, 2.24) is 20.0 Å². The van der Waals surface area contributed by atoms with Gasteiger partial charge in [0, 0.05) is 65.4 Å². The van der Waals surface area contributed by atoms with Crippen LogP contribution in [0.4, 0.5) is 5.00 Å². The van der Waals surface area contributed by atoms with Crippen LogP contribution in [0.2, 0.25) is 0 Å². The van der Waals surface area contributed by atoms with E-state index < -0.39 is 0 Å². The zero-order valence-corrected chi connectivity index (χ0v) is 18.7. The first-order valence-electron chi connectivity index (χ1n) is 8.80. The van der Waals surface area contributed by atoms with Gasteiger partial charge in [-0.2, -0.15) is 0 Å². The van der Waals surface area contributed by atoms with Gasteiger partial charge in [0.2, 0.25) is 0 Å². The average molecular weight is 478 g/mol. The van der Waals surface area contributed by atoms with Crippen molar-refractivity contribution in [3.63, 3.8) is 0 Å². The van der Waals surface area contributed by atoms with Crippen molar-refractivity contribution in [3.05, 3.63) is 17.5 Å². The van der Waals surface area contributed by atoms with Gasteiger partial charge in [0.05, 0.1) is 5.00 Å². The quantitative estimate of drug-likeness (QED) is 0.403. The van der Waals surface area contributed by atoms with Crippen LogP contribution < -0.4 is 10.2 Å². The number of aliphatic imine (C=N–C) groups is 1. The minimum atomic E-state index is 0. The maximum Gasteiger partial charge on any atom is 0.193 e. The Morgan fingerprint density at radius 2 is 1.96 bits per heavy atom. The van der Waals surface area contributed by atoms with Crippen LogP contribution in [0.15, 0.2) is 22.5 Å². The van der Waals surface area contributed by atoms with E-state index in [1.807, 2.05) is 18.4 Å². The molecule has 2 aliphatic heterocycles. The highest BCUT2D eigenvalue weighted by atomic mass is 127. The van der Waals surface area contributed by atoms with E-state index in [0.29, 0.717) is 6.04 Å². The first-order chi connectivity index (χ1) is 11.7. The molecule has 2 saturated heterocycles. The normalized spacial score (nSPS) is 23.5. The summed E-state index contributed by atoms with van der Waals surface area (Å²) in [5.41, 5.74) is 0. The molecule has 3 rings (SSSR count). The van der Waals surface area contributed by atoms with E-state index in [4.69, 9.17) is 0 Å². The van der Waals surface area contributed by atoms with Gasteiger partial charge in [-0.3, -0.25) is 9.89 Å². The number of likely N-dealkylation sites (N-methyl/N-ethyl adjacent to an activating group) is 2. The number of piperazine rings is 2. The predicted molar refractivity (Wildman–Crippen MR) is 119 cm³/mol. The Bertz CT molecular complexity index is 529. The lowest BCUT2D eigenvalue weighted by atomic mass is 10.2. The van der Waals surface area contributed by atoms with E-state index in [2.05, 4.69) is 61.5 Å². The van der Waals surface area contributed by atoms with Gasteiger partial charge in [0.1, 0.15) is 0 Å². The van der Waals surface area contributed by atoms with Gasteiger partial charge in [0.25, 0.3) is 0 Å². The molecule has 1 unspecified atom stereocenters. The van der Waals surface area contributed by atoms with Crippen molar-refractivity contribution in [2.75, 3.05) is 78.4 Å². The molecule has 3 heterocycles. The zero-order valence-electron chi connectivity index (χ0n) is 15.5. The van der Waals surface area contributed by atoms with Gasteiger partial charge in [-0.1, -0.05) is 0 Å². The van der Waals surface area contributed by atoms with Crippen LogP contribution in [0.5, 0.6) is 0 Å². The number of nitrogens with one attached hydrogen (secondary N) is 1. The summed E-state index contributed by atoms with van der Waals surface area (Å²) < 4.78 is 0. The Morgan fingerprint density at radius 1 is 1.20 bits per heavy atom. The summed E-state index contributed by atoms with van der Waals surface area (Å²) in [7, 11) is 6.32. The fraction of sp³-hybridized carbons (Fsp3) is 0.706. The van der Waals surface area contributed by atoms with Crippen molar-refractivity contribution < 1.29 is 0 Å². The Balaban J connectivity index is 0.00000225. The number of nitrogens with zero attached hydrogens (tertiary/aromatic N) is 5. The summed E-state index contributed by atoms with van der Waals surface area (Å²) in [5.74, 6) is 1.04. The molecule has 0 bridgehead atoms. The van der Waals surface area contributed by atoms with Crippen LogP contribution >= 0.6 is 35.3 Å². The van der Waals surface area contributed by atoms with Gasteiger partial charge in [-0.15, -0.1) is 35.3 Å². The van der Waals surface area contributed by atoms with E-state index in [1.54, 1.807) is 0 Å². The van der Waals surface area contributed by atoms with E-state index in [1.165, 1.54) is 5.00 Å². The third-order valence-corrected chi connectivity index (χ3v) is 6.01. The summed E-state index contributed by atoms with van der Waals surface area (Å²) in [5, 5.41) is 7.13. The van der Waals surface area contributed by atoms with Crippen LogP contribution in [0, 0.1) is 0 Å². The molecule has 0 spiro atoms. The van der Waals surface area contributed by atoms with Crippen LogP contribution in [0.1, 0.15) is 0 Å². The van der Waals surface area contributed by atoms with Crippen molar-refractivity contribution >= 4 is 46.3 Å². The SMILES string of the molecule is CN=C(NCC1CN(C)CCN1C)N1CCN(c2cccs2)CC1.I. The molecule has 2 aliphatic rings. The van der Waals surface area contributed by atoms with E-state index in [9.17, 15) is 0 Å². The number of guanidine groups is 1.